The minimum Gasteiger partial charge on any atom is -0.394 e. The molecule has 1 N–H and O–H groups in total. The predicted octanol–water partition coefficient (Wildman–Crippen LogP) is 2.65. The van der Waals surface area contributed by atoms with E-state index in [9.17, 15) is 14.7 Å². The van der Waals surface area contributed by atoms with E-state index in [1.807, 2.05) is 30.0 Å². The van der Waals surface area contributed by atoms with E-state index in [0.717, 1.165) is 16.7 Å². The molecule has 5 heteroatoms. The third kappa shape index (κ3) is 2.73. The van der Waals surface area contributed by atoms with E-state index < -0.39 is 5.54 Å². The fourth-order valence-corrected chi connectivity index (χ4v) is 5.05. The first-order valence-corrected chi connectivity index (χ1v) is 9.85. The first-order chi connectivity index (χ1) is 13.5. The summed E-state index contributed by atoms with van der Waals surface area (Å²) in [6.45, 7) is 4.41. The van der Waals surface area contributed by atoms with Crippen LogP contribution in [0.1, 0.15) is 31.7 Å². The summed E-state index contributed by atoms with van der Waals surface area (Å²) in [6, 6.07) is 18.3. The van der Waals surface area contributed by atoms with Crippen molar-refractivity contribution in [2.45, 2.75) is 37.8 Å². The highest BCUT2D eigenvalue weighted by Crippen LogP contribution is 2.54. The lowest BCUT2D eigenvalue weighted by Gasteiger charge is -2.70. The molecule has 2 heterocycles. The average molecular weight is 378 g/mol. The number of amides is 2. The van der Waals surface area contributed by atoms with Gasteiger partial charge in [-0.3, -0.25) is 9.59 Å². The Kier molecular flexibility index (Phi) is 4.71. The number of hydrogen-bond donors (Lipinski definition) is 1. The highest BCUT2D eigenvalue weighted by atomic mass is 16.3. The van der Waals surface area contributed by atoms with Crippen LogP contribution in [0, 0.1) is 0 Å². The number of carbonyl (C=O) groups excluding carboxylic acids is 2. The van der Waals surface area contributed by atoms with Gasteiger partial charge in [-0.2, -0.15) is 0 Å². The second-order valence-corrected chi connectivity index (χ2v) is 7.81. The molecule has 2 aliphatic heterocycles. The molecule has 2 aromatic rings. The first-order valence-electron chi connectivity index (χ1n) is 9.85. The Labute approximate surface area is 165 Å². The van der Waals surface area contributed by atoms with Crippen LogP contribution in [0.15, 0.2) is 54.6 Å². The van der Waals surface area contributed by atoms with E-state index in [1.54, 1.807) is 11.8 Å². The molecule has 2 amide bonds. The lowest BCUT2D eigenvalue weighted by Crippen LogP contribution is -2.85. The molecule has 146 valence electrons. The van der Waals surface area contributed by atoms with E-state index in [2.05, 4.69) is 36.4 Å². The fraction of sp³-hybridized carbons (Fsp3) is 0.391. The van der Waals surface area contributed by atoms with Crippen molar-refractivity contribution in [1.29, 1.82) is 0 Å². The van der Waals surface area contributed by atoms with Crippen LogP contribution in [-0.2, 0) is 9.59 Å². The standard InChI is InChI=1S/C23H26N2O3/c1-3-21(28)24-14-23(15-24)22(20(13-26)25(23)16(2)27)19-11-9-18(10-12-19)17-7-5-4-6-8-17/h4-12,20,22,26H,3,13-15H2,1-2H3/t20-,22-/m1/s1. The summed E-state index contributed by atoms with van der Waals surface area (Å²) < 4.78 is 0. The third-order valence-electron chi connectivity index (χ3n) is 6.26. The predicted molar refractivity (Wildman–Crippen MR) is 108 cm³/mol. The molecule has 1 spiro atoms. The quantitative estimate of drug-likeness (QED) is 0.890. The van der Waals surface area contributed by atoms with E-state index in [0.29, 0.717) is 19.5 Å². The maximum atomic E-state index is 12.3. The number of rotatable bonds is 4. The molecule has 28 heavy (non-hydrogen) atoms. The Morgan fingerprint density at radius 3 is 2.18 bits per heavy atom. The van der Waals surface area contributed by atoms with Crippen LogP contribution in [0.5, 0.6) is 0 Å². The van der Waals surface area contributed by atoms with Gasteiger partial charge < -0.3 is 14.9 Å². The number of hydrogen-bond acceptors (Lipinski definition) is 3. The normalized spacial score (nSPS) is 22.5. The molecule has 0 saturated carbocycles. The molecule has 4 rings (SSSR count). The lowest BCUT2D eigenvalue weighted by atomic mass is 9.60. The van der Waals surface area contributed by atoms with Gasteiger partial charge in [0.2, 0.25) is 11.8 Å². The molecule has 2 atom stereocenters. The number of aliphatic hydroxyl groups excluding tert-OH is 1. The van der Waals surface area contributed by atoms with Crippen molar-refractivity contribution in [1.82, 2.24) is 9.80 Å². The van der Waals surface area contributed by atoms with Gasteiger partial charge in [0.15, 0.2) is 0 Å². The van der Waals surface area contributed by atoms with Crippen LogP contribution in [0.25, 0.3) is 11.1 Å². The Balaban J connectivity index is 1.63. The molecular formula is C23H26N2O3. The third-order valence-corrected chi connectivity index (χ3v) is 6.26. The van der Waals surface area contributed by atoms with Gasteiger partial charge in [-0.25, -0.2) is 0 Å². The van der Waals surface area contributed by atoms with Crippen molar-refractivity contribution in [3.05, 3.63) is 60.2 Å². The molecule has 5 nitrogen and oxygen atoms in total. The maximum Gasteiger partial charge on any atom is 0.222 e. The molecule has 0 aliphatic carbocycles. The molecule has 2 saturated heterocycles. The summed E-state index contributed by atoms with van der Waals surface area (Å²) in [5.74, 6) is 0.103. The van der Waals surface area contributed by atoms with Gasteiger partial charge >= 0.3 is 0 Å². The number of aliphatic hydroxyl groups is 1. The van der Waals surface area contributed by atoms with Crippen molar-refractivity contribution in [3.63, 3.8) is 0 Å². The smallest absolute Gasteiger partial charge is 0.222 e. The summed E-state index contributed by atoms with van der Waals surface area (Å²) in [5.41, 5.74) is 3.01. The van der Waals surface area contributed by atoms with Crippen molar-refractivity contribution in [3.8, 4) is 11.1 Å². The molecule has 0 unspecified atom stereocenters. The molecule has 0 radical (unpaired) electrons. The molecule has 2 fully saturated rings. The minimum absolute atomic E-state index is 0.0344. The Hall–Kier alpha value is -2.66. The number of likely N-dealkylation sites (tertiary alicyclic amines) is 2. The second-order valence-electron chi connectivity index (χ2n) is 7.81. The van der Waals surface area contributed by atoms with Gasteiger partial charge in [0, 0.05) is 32.4 Å². The zero-order chi connectivity index (χ0) is 19.9. The Bertz CT molecular complexity index is 872. The molecule has 2 aromatic carbocycles. The molecule has 0 aromatic heterocycles. The first kappa shape index (κ1) is 18.7. The summed E-state index contributed by atoms with van der Waals surface area (Å²) in [5, 5.41) is 9.97. The fourth-order valence-electron chi connectivity index (χ4n) is 5.05. The highest BCUT2D eigenvalue weighted by Gasteiger charge is 2.67. The van der Waals surface area contributed by atoms with Crippen LogP contribution in [0.3, 0.4) is 0 Å². The largest absolute Gasteiger partial charge is 0.394 e. The Morgan fingerprint density at radius 1 is 1.04 bits per heavy atom. The summed E-state index contributed by atoms with van der Waals surface area (Å²) in [6.07, 6.45) is 0.468. The van der Waals surface area contributed by atoms with Crippen LogP contribution in [0.2, 0.25) is 0 Å². The van der Waals surface area contributed by atoms with Crippen molar-refractivity contribution in [2.75, 3.05) is 19.7 Å². The second kappa shape index (κ2) is 7.06. The Morgan fingerprint density at radius 2 is 1.64 bits per heavy atom. The SMILES string of the molecule is CCC(=O)N1CC2(C1)[C@H](c1ccc(-c3ccccc3)cc1)[C@@H](CO)N2C(C)=O. The number of carbonyl (C=O) groups is 2. The topological polar surface area (TPSA) is 60.9 Å². The van der Waals surface area contributed by atoms with Gasteiger partial charge in [-0.05, 0) is 16.7 Å². The van der Waals surface area contributed by atoms with Gasteiger partial charge in [-0.15, -0.1) is 0 Å². The van der Waals surface area contributed by atoms with Crippen LogP contribution < -0.4 is 0 Å². The zero-order valence-electron chi connectivity index (χ0n) is 16.3. The summed E-state index contributed by atoms with van der Waals surface area (Å²) in [4.78, 5) is 28.0. The van der Waals surface area contributed by atoms with Gasteiger partial charge in [0.1, 0.15) is 0 Å². The van der Waals surface area contributed by atoms with Crippen molar-refractivity contribution >= 4 is 11.8 Å². The highest BCUT2D eigenvalue weighted by molar-refractivity contribution is 5.81. The van der Waals surface area contributed by atoms with Gasteiger partial charge in [-0.1, -0.05) is 61.5 Å². The molecular weight excluding hydrogens is 352 g/mol. The zero-order valence-corrected chi connectivity index (χ0v) is 16.3. The van der Waals surface area contributed by atoms with Crippen molar-refractivity contribution < 1.29 is 14.7 Å². The monoisotopic (exact) mass is 378 g/mol. The summed E-state index contributed by atoms with van der Waals surface area (Å²) in [7, 11) is 0. The van der Waals surface area contributed by atoms with E-state index >= 15 is 0 Å². The van der Waals surface area contributed by atoms with E-state index in [4.69, 9.17) is 0 Å². The summed E-state index contributed by atoms with van der Waals surface area (Å²) >= 11 is 0. The molecule has 0 bridgehead atoms. The average Bonchev–Trinajstić information content (AvgIpc) is 2.67. The lowest BCUT2D eigenvalue weighted by molar-refractivity contribution is -0.201. The van der Waals surface area contributed by atoms with Crippen molar-refractivity contribution in [2.24, 2.45) is 0 Å². The maximum absolute atomic E-state index is 12.3. The van der Waals surface area contributed by atoms with Crippen LogP contribution in [0.4, 0.5) is 0 Å². The van der Waals surface area contributed by atoms with E-state index in [1.165, 1.54) is 0 Å². The van der Waals surface area contributed by atoms with E-state index in [-0.39, 0.29) is 30.4 Å². The van der Waals surface area contributed by atoms with Crippen LogP contribution in [-0.4, -0.2) is 58.0 Å². The molecule has 2 aliphatic rings. The van der Waals surface area contributed by atoms with Crippen LogP contribution >= 0.6 is 0 Å². The number of nitrogens with zero attached hydrogens (tertiary/aromatic N) is 2. The van der Waals surface area contributed by atoms with Gasteiger partial charge in [0.05, 0.1) is 18.2 Å². The van der Waals surface area contributed by atoms with Gasteiger partial charge in [0.25, 0.3) is 0 Å². The minimum atomic E-state index is -0.391. The number of benzene rings is 2.